The Labute approximate surface area is 157 Å². The van der Waals surface area contributed by atoms with Crippen LogP contribution in [0.25, 0.3) is 0 Å². The number of piperidine rings is 1. The minimum atomic E-state index is -3.87. The Morgan fingerprint density at radius 1 is 1.23 bits per heavy atom. The highest BCUT2D eigenvalue weighted by Gasteiger charge is 2.34. The topological polar surface area (TPSA) is 57.7 Å². The van der Waals surface area contributed by atoms with E-state index in [1.807, 2.05) is 17.5 Å². The summed E-state index contributed by atoms with van der Waals surface area (Å²) in [4.78, 5) is 15.1. The van der Waals surface area contributed by atoms with Gasteiger partial charge < -0.3 is 4.90 Å². The van der Waals surface area contributed by atoms with E-state index < -0.39 is 15.8 Å². The molecule has 0 spiro atoms. The Kier molecular flexibility index (Phi) is 5.74. The second-order valence-electron chi connectivity index (χ2n) is 6.38. The predicted octanol–water partition coefficient (Wildman–Crippen LogP) is 2.95. The van der Waals surface area contributed by atoms with E-state index in [1.54, 1.807) is 23.3 Å². The lowest BCUT2D eigenvalue weighted by molar-refractivity contribution is -0.135. The highest BCUT2D eigenvalue weighted by Crippen LogP contribution is 2.26. The number of carbonyl (C=O) groups excluding carboxylic acids is 1. The molecule has 5 nitrogen and oxygen atoms in total. The van der Waals surface area contributed by atoms with Gasteiger partial charge in [-0.2, -0.15) is 4.31 Å². The summed E-state index contributed by atoms with van der Waals surface area (Å²) in [5, 5.41) is 1.97. The Morgan fingerprint density at radius 3 is 2.54 bits per heavy atom. The maximum Gasteiger partial charge on any atom is 0.245 e. The molecule has 1 aliphatic rings. The van der Waals surface area contributed by atoms with Crippen LogP contribution < -0.4 is 0 Å². The van der Waals surface area contributed by atoms with Gasteiger partial charge in [0.15, 0.2) is 0 Å². The fraction of sp³-hybridized carbons (Fsp3) is 0.389. The minimum absolute atomic E-state index is 0.0290. The first-order valence-corrected chi connectivity index (χ1v) is 10.7. The minimum Gasteiger partial charge on any atom is -0.340 e. The lowest BCUT2D eigenvalue weighted by atomic mass is 9.96. The maximum absolute atomic E-state index is 13.9. The van der Waals surface area contributed by atoms with Gasteiger partial charge in [0.05, 0.1) is 6.54 Å². The number of hydrogen-bond acceptors (Lipinski definition) is 4. The van der Waals surface area contributed by atoms with Gasteiger partial charge in [-0.05, 0) is 36.4 Å². The number of carbonyl (C=O) groups is 1. The summed E-state index contributed by atoms with van der Waals surface area (Å²) in [5.41, 5.74) is 0. The third-order valence-corrected chi connectivity index (χ3v) is 7.40. The van der Waals surface area contributed by atoms with Crippen LogP contribution in [0, 0.1) is 11.7 Å². The van der Waals surface area contributed by atoms with Gasteiger partial charge in [0, 0.05) is 30.9 Å². The van der Waals surface area contributed by atoms with E-state index in [0.29, 0.717) is 19.4 Å². The molecule has 0 saturated carbocycles. The molecule has 1 aromatic carbocycles. The Balaban J connectivity index is 1.62. The average molecular weight is 397 g/mol. The number of benzene rings is 1. The van der Waals surface area contributed by atoms with Gasteiger partial charge in [0.1, 0.15) is 10.7 Å². The van der Waals surface area contributed by atoms with Crippen molar-refractivity contribution in [2.75, 3.05) is 20.1 Å². The Hall–Kier alpha value is -1.77. The molecule has 1 amide bonds. The third kappa shape index (κ3) is 3.97. The Bertz CT molecular complexity index is 860. The molecule has 1 aliphatic heterocycles. The van der Waals surface area contributed by atoms with Gasteiger partial charge in [0.25, 0.3) is 0 Å². The molecule has 26 heavy (non-hydrogen) atoms. The SMILES string of the molecule is CN(Cc1cccs1)C(=O)C1CCN(S(=O)(=O)c2ccccc2F)CC1. The lowest BCUT2D eigenvalue weighted by Crippen LogP contribution is -2.43. The van der Waals surface area contributed by atoms with Gasteiger partial charge in [-0.1, -0.05) is 18.2 Å². The van der Waals surface area contributed by atoms with Gasteiger partial charge in [-0.25, -0.2) is 12.8 Å². The van der Waals surface area contributed by atoms with Crippen LogP contribution in [-0.4, -0.2) is 43.7 Å². The van der Waals surface area contributed by atoms with Crippen molar-refractivity contribution in [3.8, 4) is 0 Å². The highest BCUT2D eigenvalue weighted by atomic mass is 32.2. The molecule has 1 aromatic heterocycles. The van der Waals surface area contributed by atoms with Crippen LogP contribution in [0.4, 0.5) is 4.39 Å². The number of sulfonamides is 1. The molecule has 0 radical (unpaired) electrons. The number of amides is 1. The van der Waals surface area contributed by atoms with Gasteiger partial charge >= 0.3 is 0 Å². The van der Waals surface area contributed by atoms with Crippen LogP contribution in [0.5, 0.6) is 0 Å². The first kappa shape index (κ1) is 19.0. The molecule has 0 unspecified atom stereocenters. The van der Waals surface area contributed by atoms with E-state index >= 15 is 0 Å². The molecule has 3 rings (SSSR count). The summed E-state index contributed by atoms with van der Waals surface area (Å²) < 4.78 is 40.4. The standard InChI is InChI=1S/C18H21FN2O3S2/c1-20(13-15-5-4-12-25-15)18(22)14-8-10-21(11-9-14)26(23,24)17-7-3-2-6-16(17)19/h2-7,12,14H,8-11,13H2,1H3. The first-order valence-electron chi connectivity index (χ1n) is 8.41. The van der Waals surface area contributed by atoms with E-state index in [4.69, 9.17) is 0 Å². The van der Waals surface area contributed by atoms with E-state index in [2.05, 4.69) is 0 Å². The normalized spacial score (nSPS) is 16.5. The van der Waals surface area contributed by atoms with Crippen molar-refractivity contribution in [2.45, 2.75) is 24.3 Å². The molecule has 2 heterocycles. The fourth-order valence-electron chi connectivity index (χ4n) is 3.16. The summed E-state index contributed by atoms with van der Waals surface area (Å²) in [7, 11) is -2.10. The number of halogens is 1. The summed E-state index contributed by atoms with van der Waals surface area (Å²) in [6.07, 6.45) is 0.891. The van der Waals surface area contributed by atoms with E-state index in [1.165, 1.54) is 22.5 Å². The van der Waals surface area contributed by atoms with Crippen LogP contribution in [-0.2, 0) is 21.4 Å². The van der Waals surface area contributed by atoms with Crippen LogP contribution in [0.3, 0.4) is 0 Å². The van der Waals surface area contributed by atoms with Crippen LogP contribution in [0.1, 0.15) is 17.7 Å². The zero-order valence-corrected chi connectivity index (χ0v) is 16.1. The van der Waals surface area contributed by atoms with Gasteiger partial charge in [-0.3, -0.25) is 4.79 Å². The van der Waals surface area contributed by atoms with Crippen LogP contribution in [0.15, 0.2) is 46.7 Å². The Morgan fingerprint density at radius 2 is 1.92 bits per heavy atom. The van der Waals surface area contributed by atoms with Crippen molar-refractivity contribution >= 4 is 27.3 Å². The number of thiophene rings is 1. The van der Waals surface area contributed by atoms with Gasteiger partial charge in [0.2, 0.25) is 15.9 Å². The van der Waals surface area contributed by atoms with Crippen molar-refractivity contribution < 1.29 is 17.6 Å². The van der Waals surface area contributed by atoms with Crippen LogP contribution >= 0.6 is 11.3 Å². The maximum atomic E-state index is 13.9. The second-order valence-corrected chi connectivity index (χ2v) is 9.32. The number of rotatable bonds is 5. The summed E-state index contributed by atoms with van der Waals surface area (Å²) in [5.74, 6) is -0.922. The zero-order valence-electron chi connectivity index (χ0n) is 14.5. The smallest absolute Gasteiger partial charge is 0.245 e. The quantitative estimate of drug-likeness (QED) is 0.781. The molecular formula is C18H21FN2O3S2. The highest BCUT2D eigenvalue weighted by molar-refractivity contribution is 7.89. The summed E-state index contributed by atoms with van der Waals surface area (Å²) in [6, 6.07) is 9.32. The van der Waals surface area contributed by atoms with E-state index in [9.17, 15) is 17.6 Å². The molecule has 0 bridgehead atoms. The van der Waals surface area contributed by atoms with E-state index in [-0.39, 0.29) is 29.8 Å². The zero-order chi connectivity index (χ0) is 18.7. The average Bonchev–Trinajstić information content (AvgIpc) is 3.14. The molecule has 140 valence electrons. The lowest BCUT2D eigenvalue weighted by Gasteiger charge is -2.32. The summed E-state index contributed by atoms with van der Waals surface area (Å²) in [6.45, 7) is 1.00. The number of nitrogens with zero attached hydrogens (tertiary/aromatic N) is 2. The van der Waals surface area contributed by atoms with Crippen molar-refractivity contribution in [1.29, 1.82) is 0 Å². The first-order chi connectivity index (χ1) is 12.4. The molecule has 8 heteroatoms. The third-order valence-electron chi connectivity index (χ3n) is 4.61. The van der Waals surface area contributed by atoms with Crippen molar-refractivity contribution in [2.24, 2.45) is 5.92 Å². The largest absolute Gasteiger partial charge is 0.340 e. The molecule has 0 atom stereocenters. The predicted molar refractivity (Wildman–Crippen MR) is 98.7 cm³/mol. The molecule has 1 saturated heterocycles. The second kappa shape index (κ2) is 7.85. The monoisotopic (exact) mass is 396 g/mol. The van der Waals surface area contributed by atoms with Crippen molar-refractivity contribution in [3.05, 3.63) is 52.5 Å². The molecule has 1 fully saturated rings. The number of hydrogen-bond donors (Lipinski definition) is 0. The summed E-state index contributed by atoms with van der Waals surface area (Å²) >= 11 is 1.60. The molecule has 0 aliphatic carbocycles. The van der Waals surface area contributed by atoms with Crippen LogP contribution in [0.2, 0.25) is 0 Å². The van der Waals surface area contributed by atoms with E-state index in [0.717, 1.165) is 10.9 Å². The molecule has 2 aromatic rings. The van der Waals surface area contributed by atoms with Crippen molar-refractivity contribution in [3.63, 3.8) is 0 Å². The van der Waals surface area contributed by atoms with Gasteiger partial charge in [-0.15, -0.1) is 11.3 Å². The fourth-order valence-corrected chi connectivity index (χ4v) is 5.45. The molecular weight excluding hydrogens is 375 g/mol. The van der Waals surface area contributed by atoms with Crippen molar-refractivity contribution in [1.82, 2.24) is 9.21 Å². The molecule has 0 N–H and O–H groups in total.